The fourth-order valence-corrected chi connectivity index (χ4v) is 6.07. The number of hydrogen-bond donors (Lipinski definition) is 1. The van der Waals surface area contributed by atoms with E-state index in [4.69, 9.17) is 4.74 Å². The summed E-state index contributed by atoms with van der Waals surface area (Å²) in [6.45, 7) is 8.80. The zero-order valence-corrected chi connectivity index (χ0v) is 26.7. The number of benzene rings is 3. The zero-order chi connectivity index (χ0) is 30.4. The second-order valence-electron chi connectivity index (χ2n) is 13.2. The van der Waals surface area contributed by atoms with Crippen LogP contribution in [0.4, 0.5) is 0 Å². The molecule has 0 aliphatic heterocycles. The molecule has 0 radical (unpaired) electrons. The Labute approximate surface area is 254 Å². The number of hydrogen-bond acceptors (Lipinski definition) is 3. The standard InChI is InChI=1S/C38H54O4/c1-5-6-7-8-9-10-11-12-13-14-15-16-17-18-23-30(37(40)41)28-35(39)42-36-31-24-20-19-22-29(31)27-33-32(36)25-21-26-34(33)38(2,3)4/h19-22,24-27,30H,5-18,23,28H2,1-4H3,(H,40,41). The van der Waals surface area contributed by atoms with Gasteiger partial charge in [0, 0.05) is 10.8 Å². The predicted octanol–water partition coefficient (Wildman–Crippen LogP) is 11.2. The third kappa shape index (κ3) is 10.4. The van der Waals surface area contributed by atoms with Crippen LogP contribution in [0.3, 0.4) is 0 Å². The van der Waals surface area contributed by atoms with E-state index in [1.54, 1.807) is 0 Å². The Morgan fingerprint density at radius 1 is 0.714 bits per heavy atom. The molecule has 0 fully saturated rings. The van der Waals surface area contributed by atoms with E-state index in [-0.39, 0.29) is 11.8 Å². The van der Waals surface area contributed by atoms with E-state index in [1.165, 1.54) is 76.2 Å². The van der Waals surface area contributed by atoms with Gasteiger partial charge >= 0.3 is 11.9 Å². The number of unbranched alkanes of at least 4 members (excludes halogenated alkanes) is 13. The Hall–Kier alpha value is -2.88. The van der Waals surface area contributed by atoms with Gasteiger partial charge in [0.15, 0.2) is 0 Å². The van der Waals surface area contributed by atoms with Gasteiger partial charge in [-0.05, 0) is 34.2 Å². The van der Waals surface area contributed by atoms with E-state index < -0.39 is 17.9 Å². The second-order valence-corrected chi connectivity index (χ2v) is 13.2. The van der Waals surface area contributed by atoms with Crippen molar-refractivity contribution in [3.63, 3.8) is 0 Å². The Balaban J connectivity index is 1.48. The Morgan fingerprint density at radius 3 is 1.83 bits per heavy atom. The fraction of sp³-hybridized carbons (Fsp3) is 0.579. The SMILES string of the molecule is CCCCCCCCCCCCCCCCC(CC(=O)Oc1c2ccccc2cc2c(C(C)(C)C)cccc12)C(=O)O. The molecule has 0 aromatic heterocycles. The van der Waals surface area contributed by atoms with E-state index in [0.29, 0.717) is 12.2 Å². The number of carboxylic acids is 1. The van der Waals surface area contributed by atoms with Gasteiger partial charge in [-0.25, -0.2) is 0 Å². The molecule has 4 heteroatoms. The first-order valence-corrected chi connectivity index (χ1v) is 16.6. The number of esters is 1. The van der Waals surface area contributed by atoms with Crippen molar-refractivity contribution in [1.29, 1.82) is 0 Å². The van der Waals surface area contributed by atoms with E-state index >= 15 is 0 Å². The summed E-state index contributed by atoms with van der Waals surface area (Å²) in [6.07, 6.45) is 18.1. The molecule has 1 N–H and O–H groups in total. The van der Waals surface area contributed by atoms with Crippen LogP contribution in [-0.4, -0.2) is 17.0 Å². The predicted molar refractivity (Wildman–Crippen MR) is 176 cm³/mol. The number of carbonyl (C=O) groups is 2. The van der Waals surface area contributed by atoms with Crippen molar-refractivity contribution >= 4 is 33.5 Å². The maximum Gasteiger partial charge on any atom is 0.312 e. The van der Waals surface area contributed by atoms with Crippen LogP contribution in [0, 0.1) is 5.92 Å². The molecule has 3 aromatic carbocycles. The first-order chi connectivity index (χ1) is 20.2. The number of fused-ring (bicyclic) bond motifs is 2. The van der Waals surface area contributed by atoms with E-state index in [2.05, 4.69) is 39.8 Å². The van der Waals surface area contributed by atoms with Gasteiger partial charge in [0.2, 0.25) is 0 Å². The van der Waals surface area contributed by atoms with Gasteiger partial charge in [-0.2, -0.15) is 0 Å². The van der Waals surface area contributed by atoms with Gasteiger partial charge in [-0.1, -0.05) is 160 Å². The molecule has 0 aliphatic rings. The lowest BCUT2D eigenvalue weighted by Gasteiger charge is -2.23. The highest BCUT2D eigenvalue weighted by Gasteiger charge is 2.24. The minimum atomic E-state index is -0.917. The highest BCUT2D eigenvalue weighted by molar-refractivity contribution is 6.07. The average Bonchev–Trinajstić information content (AvgIpc) is 2.95. The summed E-state index contributed by atoms with van der Waals surface area (Å²) in [6, 6.07) is 16.2. The molecule has 0 heterocycles. The van der Waals surface area contributed by atoms with Crippen molar-refractivity contribution in [2.24, 2.45) is 5.92 Å². The lowest BCUT2D eigenvalue weighted by molar-refractivity contribution is -0.147. The van der Waals surface area contributed by atoms with Crippen LogP contribution < -0.4 is 4.74 Å². The van der Waals surface area contributed by atoms with E-state index in [0.717, 1.165) is 40.8 Å². The molecule has 0 amide bonds. The van der Waals surface area contributed by atoms with Crippen LogP contribution in [-0.2, 0) is 15.0 Å². The molecule has 1 atom stereocenters. The minimum absolute atomic E-state index is 0.0782. The van der Waals surface area contributed by atoms with Crippen LogP contribution in [0.15, 0.2) is 48.5 Å². The van der Waals surface area contributed by atoms with Crippen molar-refractivity contribution < 1.29 is 19.4 Å². The summed E-state index contributed by atoms with van der Waals surface area (Å²) in [5.74, 6) is -1.59. The summed E-state index contributed by atoms with van der Waals surface area (Å²) < 4.78 is 6.01. The lowest BCUT2D eigenvalue weighted by Crippen LogP contribution is -2.21. The number of carbonyl (C=O) groups excluding carboxylic acids is 1. The van der Waals surface area contributed by atoms with Crippen LogP contribution >= 0.6 is 0 Å². The van der Waals surface area contributed by atoms with Crippen molar-refractivity contribution in [2.75, 3.05) is 0 Å². The van der Waals surface area contributed by atoms with Gasteiger partial charge in [0.25, 0.3) is 0 Å². The number of aliphatic carboxylic acids is 1. The maximum absolute atomic E-state index is 13.2. The molecule has 230 valence electrons. The van der Waals surface area contributed by atoms with Crippen LogP contribution in [0.2, 0.25) is 0 Å². The molecule has 1 unspecified atom stereocenters. The second kappa shape index (κ2) is 17.3. The van der Waals surface area contributed by atoms with Gasteiger partial charge in [0.1, 0.15) is 5.75 Å². The van der Waals surface area contributed by atoms with Gasteiger partial charge in [-0.3, -0.25) is 9.59 Å². The van der Waals surface area contributed by atoms with Crippen molar-refractivity contribution in [3.05, 3.63) is 54.1 Å². The van der Waals surface area contributed by atoms with Gasteiger partial charge in [-0.15, -0.1) is 0 Å². The summed E-state index contributed by atoms with van der Waals surface area (Å²) in [7, 11) is 0. The molecule has 0 bridgehead atoms. The first-order valence-electron chi connectivity index (χ1n) is 16.6. The molecule has 4 nitrogen and oxygen atoms in total. The summed E-state index contributed by atoms with van der Waals surface area (Å²) in [4.78, 5) is 25.2. The smallest absolute Gasteiger partial charge is 0.312 e. The molecular formula is C38H54O4. The lowest BCUT2D eigenvalue weighted by atomic mass is 9.83. The highest BCUT2D eigenvalue weighted by atomic mass is 16.5. The molecule has 0 saturated heterocycles. The first kappa shape index (κ1) is 33.6. The number of ether oxygens (including phenoxy) is 1. The molecule has 42 heavy (non-hydrogen) atoms. The molecule has 3 rings (SSSR count). The van der Waals surface area contributed by atoms with E-state index in [1.807, 2.05) is 36.4 Å². The molecule has 0 aliphatic carbocycles. The third-order valence-corrected chi connectivity index (χ3v) is 8.55. The monoisotopic (exact) mass is 574 g/mol. The molecule has 0 saturated carbocycles. The normalized spacial score (nSPS) is 12.6. The summed E-state index contributed by atoms with van der Waals surface area (Å²) in [5.41, 5.74) is 1.11. The Kier molecular flexibility index (Phi) is 13.8. The topological polar surface area (TPSA) is 63.6 Å². The number of carboxylic acid groups (broad SMARTS) is 1. The highest BCUT2D eigenvalue weighted by Crippen LogP contribution is 2.40. The molecule has 3 aromatic rings. The largest absolute Gasteiger partial charge is 0.481 e. The fourth-order valence-electron chi connectivity index (χ4n) is 6.07. The summed E-state index contributed by atoms with van der Waals surface area (Å²) >= 11 is 0. The van der Waals surface area contributed by atoms with Crippen molar-refractivity contribution in [2.45, 2.75) is 136 Å². The molecule has 0 spiro atoms. The van der Waals surface area contributed by atoms with E-state index in [9.17, 15) is 14.7 Å². The summed E-state index contributed by atoms with van der Waals surface area (Å²) in [5, 5.41) is 13.7. The number of rotatable bonds is 19. The Morgan fingerprint density at radius 2 is 1.26 bits per heavy atom. The van der Waals surface area contributed by atoms with Gasteiger partial charge in [0.05, 0.1) is 12.3 Å². The zero-order valence-electron chi connectivity index (χ0n) is 26.7. The van der Waals surface area contributed by atoms with Gasteiger partial charge < -0.3 is 9.84 Å². The van der Waals surface area contributed by atoms with Crippen LogP contribution in [0.1, 0.15) is 136 Å². The third-order valence-electron chi connectivity index (χ3n) is 8.55. The van der Waals surface area contributed by atoms with Crippen molar-refractivity contribution in [1.82, 2.24) is 0 Å². The average molecular weight is 575 g/mol. The van der Waals surface area contributed by atoms with Crippen LogP contribution in [0.25, 0.3) is 21.5 Å². The van der Waals surface area contributed by atoms with Crippen molar-refractivity contribution in [3.8, 4) is 5.75 Å². The minimum Gasteiger partial charge on any atom is -0.481 e. The quantitative estimate of drug-likeness (QED) is 0.0669. The molecular weight excluding hydrogens is 520 g/mol. The van der Waals surface area contributed by atoms with Crippen LogP contribution in [0.5, 0.6) is 5.75 Å². The maximum atomic E-state index is 13.2. The Bertz CT molecular complexity index is 1270.